The van der Waals surface area contributed by atoms with Crippen LogP contribution in [-0.2, 0) is 16.0 Å². The summed E-state index contributed by atoms with van der Waals surface area (Å²) in [6.07, 6.45) is 2.12. The summed E-state index contributed by atoms with van der Waals surface area (Å²) in [6.45, 7) is 1.27. The third kappa shape index (κ3) is 3.91. The second kappa shape index (κ2) is 8.13. The van der Waals surface area contributed by atoms with Gasteiger partial charge in [-0.3, -0.25) is 9.59 Å². The molecule has 2 aliphatic heterocycles. The molecule has 1 fully saturated rings. The standard InChI is InChI=1S/C22H24N2O5/c1-27-17-10-15(11-18(13-17)28-2)21(25)23-16-6-5-14-7-8-24(19(14)12-16)22(26)20-4-3-9-29-20/h5-6,10-13,20H,3-4,7-9H2,1-2H3,(H,23,25). The van der Waals surface area contributed by atoms with E-state index in [9.17, 15) is 9.59 Å². The maximum Gasteiger partial charge on any atom is 0.256 e. The highest BCUT2D eigenvalue weighted by molar-refractivity contribution is 6.06. The van der Waals surface area contributed by atoms with Crippen LogP contribution in [0.5, 0.6) is 11.5 Å². The van der Waals surface area contributed by atoms with Gasteiger partial charge in [-0.2, -0.15) is 0 Å². The topological polar surface area (TPSA) is 77.1 Å². The molecule has 2 aromatic rings. The Kier molecular flexibility index (Phi) is 5.40. The summed E-state index contributed by atoms with van der Waals surface area (Å²) in [6, 6.07) is 10.7. The van der Waals surface area contributed by atoms with E-state index >= 15 is 0 Å². The average Bonchev–Trinajstić information content (AvgIpc) is 3.42. The van der Waals surface area contributed by atoms with Crippen LogP contribution in [0, 0.1) is 0 Å². The van der Waals surface area contributed by atoms with Gasteiger partial charge < -0.3 is 24.4 Å². The molecule has 0 bridgehead atoms. The number of hydrogen-bond acceptors (Lipinski definition) is 5. The first-order chi connectivity index (χ1) is 14.1. The van der Waals surface area contributed by atoms with Gasteiger partial charge in [0.1, 0.15) is 17.6 Å². The summed E-state index contributed by atoms with van der Waals surface area (Å²) in [5.41, 5.74) is 2.99. The summed E-state index contributed by atoms with van der Waals surface area (Å²) in [7, 11) is 3.08. The summed E-state index contributed by atoms with van der Waals surface area (Å²) in [4.78, 5) is 27.3. The molecular formula is C22H24N2O5. The van der Waals surface area contributed by atoms with Crippen LogP contribution in [0.15, 0.2) is 36.4 Å². The monoisotopic (exact) mass is 396 g/mol. The van der Waals surface area contributed by atoms with E-state index in [0.717, 1.165) is 30.5 Å². The molecule has 2 amide bonds. The number of carbonyl (C=O) groups excluding carboxylic acids is 2. The van der Waals surface area contributed by atoms with Crippen molar-refractivity contribution in [3.63, 3.8) is 0 Å². The molecular weight excluding hydrogens is 372 g/mol. The lowest BCUT2D eigenvalue weighted by Gasteiger charge is -2.21. The zero-order valence-electron chi connectivity index (χ0n) is 16.6. The fraction of sp³-hybridized carbons (Fsp3) is 0.364. The number of rotatable bonds is 5. The van der Waals surface area contributed by atoms with E-state index < -0.39 is 0 Å². The molecule has 7 nitrogen and oxygen atoms in total. The van der Waals surface area contributed by atoms with Gasteiger partial charge in [-0.05, 0) is 49.1 Å². The third-order valence-corrected chi connectivity index (χ3v) is 5.32. The Morgan fingerprint density at radius 3 is 2.52 bits per heavy atom. The van der Waals surface area contributed by atoms with Gasteiger partial charge in [0.2, 0.25) is 0 Å². The molecule has 0 spiro atoms. The van der Waals surface area contributed by atoms with Crippen LogP contribution in [0.25, 0.3) is 0 Å². The number of amides is 2. The number of carbonyl (C=O) groups is 2. The maximum absolute atomic E-state index is 12.8. The Hall–Kier alpha value is -3.06. The van der Waals surface area contributed by atoms with Crippen LogP contribution in [0.2, 0.25) is 0 Å². The van der Waals surface area contributed by atoms with Gasteiger partial charge >= 0.3 is 0 Å². The lowest BCUT2D eigenvalue weighted by molar-refractivity contribution is -0.127. The van der Waals surface area contributed by atoms with Gasteiger partial charge in [0.05, 0.1) is 14.2 Å². The zero-order chi connectivity index (χ0) is 20.4. The van der Waals surface area contributed by atoms with Gasteiger partial charge in [-0.25, -0.2) is 0 Å². The number of ether oxygens (including phenoxy) is 3. The van der Waals surface area contributed by atoms with E-state index in [0.29, 0.717) is 35.9 Å². The van der Waals surface area contributed by atoms with Gasteiger partial charge in [0.25, 0.3) is 11.8 Å². The Morgan fingerprint density at radius 1 is 1.10 bits per heavy atom. The van der Waals surface area contributed by atoms with Gasteiger partial charge in [0.15, 0.2) is 0 Å². The van der Waals surface area contributed by atoms with Crippen molar-refractivity contribution < 1.29 is 23.8 Å². The fourth-order valence-electron chi connectivity index (χ4n) is 3.77. The van der Waals surface area contributed by atoms with E-state index in [1.54, 1.807) is 23.1 Å². The largest absolute Gasteiger partial charge is 0.497 e. The molecule has 2 aliphatic rings. The molecule has 4 rings (SSSR count). The zero-order valence-corrected chi connectivity index (χ0v) is 16.6. The first-order valence-electron chi connectivity index (χ1n) is 9.69. The van der Waals surface area contributed by atoms with Crippen LogP contribution in [0.3, 0.4) is 0 Å². The number of fused-ring (bicyclic) bond motifs is 1. The molecule has 2 heterocycles. The van der Waals surface area contributed by atoms with Gasteiger partial charge in [-0.1, -0.05) is 6.07 Å². The summed E-state index contributed by atoms with van der Waals surface area (Å²) >= 11 is 0. The lowest BCUT2D eigenvalue weighted by atomic mass is 10.1. The normalized spacial score (nSPS) is 17.7. The Balaban J connectivity index is 1.54. The molecule has 0 saturated carbocycles. The second-order valence-electron chi connectivity index (χ2n) is 7.14. The first kappa shape index (κ1) is 19.3. The van der Waals surface area contributed by atoms with Gasteiger partial charge in [0, 0.05) is 36.2 Å². The molecule has 0 aromatic heterocycles. The minimum absolute atomic E-state index is 0.00209. The Labute approximate surface area is 169 Å². The van der Waals surface area contributed by atoms with Crippen LogP contribution < -0.4 is 19.7 Å². The molecule has 1 unspecified atom stereocenters. The number of nitrogens with zero attached hydrogens (tertiary/aromatic N) is 1. The lowest BCUT2D eigenvalue weighted by Crippen LogP contribution is -2.37. The molecule has 1 atom stereocenters. The highest BCUT2D eigenvalue weighted by Crippen LogP contribution is 2.33. The molecule has 1 N–H and O–H groups in total. The van der Waals surface area contributed by atoms with Crippen LogP contribution in [0.4, 0.5) is 11.4 Å². The predicted octanol–water partition coefficient (Wildman–Crippen LogP) is 3.02. The smallest absolute Gasteiger partial charge is 0.256 e. The van der Waals surface area contributed by atoms with Crippen molar-refractivity contribution in [1.82, 2.24) is 0 Å². The number of nitrogens with one attached hydrogen (secondary N) is 1. The predicted molar refractivity (Wildman–Crippen MR) is 109 cm³/mol. The molecule has 0 radical (unpaired) electrons. The van der Waals surface area contributed by atoms with E-state index in [1.807, 2.05) is 18.2 Å². The Morgan fingerprint density at radius 2 is 1.86 bits per heavy atom. The van der Waals surface area contributed by atoms with Crippen molar-refractivity contribution in [2.24, 2.45) is 0 Å². The number of benzene rings is 2. The van der Waals surface area contributed by atoms with Crippen molar-refractivity contribution >= 4 is 23.2 Å². The summed E-state index contributed by atoms with van der Waals surface area (Å²) in [5.74, 6) is 0.799. The third-order valence-electron chi connectivity index (χ3n) is 5.32. The first-order valence-corrected chi connectivity index (χ1v) is 9.69. The van der Waals surface area contributed by atoms with Crippen molar-refractivity contribution in [3.8, 4) is 11.5 Å². The second-order valence-corrected chi connectivity index (χ2v) is 7.14. The van der Waals surface area contributed by atoms with Crippen LogP contribution >= 0.6 is 0 Å². The van der Waals surface area contributed by atoms with Crippen molar-refractivity contribution in [1.29, 1.82) is 0 Å². The molecule has 152 valence electrons. The highest BCUT2D eigenvalue weighted by atomic mass is 16.5. The molecule has 29 heavy (non-hydrogen) atoms. The molecule has 1 saturated heterocycles. The maximum atomic E-state index is 12.8. The fourth-order valence-corrected chi connectivity index (χ4v) is 3.77. The number of anilines is 2. The molecule has 7 heteroatoms. The number of methoxy groups -OCH3 is 2. The average molecular weight is 396 g/mol. The SMILES string of the molecule is COc1cc(OC)cc(C(=O)Nc2ccc3c(c2)N(C(=O)C2CCCO2)CC3)c1. The van der Waals surface area contributed by atoms with Crippen LogP contribution in [-0.4, -0.2) is 45.3 Å². The summed E-state index contributed by atoms with van der Waals surface area (Å²) < 4.78 is 16.0. The molecule has 2 aromatic carbocycles. The number of hydrogen-bond donors (Lipinski definition) is 1. The quantitative estimate of drug-likeness (QED) is 0.841. The van der Waals surface area contributed by atoms with E-state index in [1.165, 1.54) is 14.2 Å². The summed E-state index contributed by atoms with van der Waals surface area (Å²) in [5, 5.41) is 2.90. The van der Waals surface area contributed by atoms with E-state index in [4.69, 9.17) is 14.2 Å². The van der Waals surface area contributed by atoms with Crippen molar-refractivity contribution in [2.45, 2.75) is 25.4 Å². The highest BCUT2D eigenvalue weighted by Gasteiger charge is 2.32. The minimum atomic E-state index is -0.358. The van der Waals surface area contributed by atoms with Crippen molar-refractivity contribution in [2.75, 3.05) is 37.6 Å². The molecule has 0 aliphatic carbocycles. The van der Waals surface area contributed by atoms with Crippen molar-refractivity contribution in [3.05, 3.63) is 47.5 Å². The minimum Gasteiger partial charge on any atom is -0.497 e. The van der Waals surface area contributed by atoms with E-state index in [-0.39, 0.29) is 17.9 Å². The Bertz CT molecular complexity index is 915. The van der Waals surface area contributed by atoms with Crippen LogP contribution in [0.1, 0.15) is 28.8 Å². The van der Waals surface area contributed by atoms with Gasteiger partial charge in [-0.15, -0.1) is 0 Å². The van der Waals surface area contributed by atoms with E-state index in [2.05, 4.69) is 5.32 Å².